The van der Waals surface area contributed by atoms with Crippen LogP contribution in [0.3, 0.4) is 0 Å². The lowest BCUT2D eigenvalue weighted by Crippen LogP contribution is -2.39. The van der Waals surface area contributed by atoms with Crippen molar-refractivity contribution in [2.75, 3.05) is 25.1 Å². The molecule has 0 aromatic heterocycles. The second-order valence-electron chi connectivity index (χ2n) is 6.23. The van der Waals surface area contributed by atoms with E-state index in [2.05, 4.69) is 0 Å². The van der Waals surface area contributed by atoms with Crippen molar-refractivity contribution in [3.8, 4) is 5.75 Å². The van der Waals surface area contributed by atoms with E-state index in [-0.39, 0.29) is 0 Å². The Balaban J connectivity index is 1.77. The Labute approximate surface area is 158 Å². The van der Waals surface area contributed by atoms with Crippen LogP contribution in [0.1, 0.15) is 23.2 Å². The molecule has 1 heterocycles. The number of aldehydes is 1. The minimum absolute atomic E-state index is 0.301. The Morgan fingerprint density at radius 2 is 1.77 bits per heavy atom. The summed E-state index contributed by atoms with van der Waals surface area (Å²) in [4.78, 5) is 13.7. The van der Waals surface area contributed by atoms with E-state index in [4.69, 9.17) is 16.3 Å². The van der Waals surface area contributed by atoms with Gasteiger partial charge in [-0.15, -0.1) is 0 Å². The third-order valence-corrected chi connectivity index (χ3v) is 7.26. The van der Waals surface area contributed by atoms with Crippen molar-refractivity contribution in [3.63, 3.8) is 0 Å². The van der Waals surface area contributed by atoms with E-state index in [0.29, 0.717) is 47.2 Å². The molecule has 0 saturated carbocycles. The molecule has 2 aromatic carbocycles. The first-order chi connectivity index (χ1) is 12.5. The zero-order valence-corrected chi connectivity index (χ0v) is 16.0. The van der Waals surface area contributed by atoms with Crippen molar-refractivity contribution in [1.82, 2.24) is 0 Å². The van der Waals surface area contributed by atoms with Crippen LogP contribution >= 0.6 is 11.6 Å². The molecule has 1 fully saturated rings. The third-order valence-electron chi connectivity index (χ3n) is 4.73. The van der Waals surface area contributed by atoms with E-state index in [1.165, 1.54) is 0 Å². The molecule has 5 nitrogen and oxygen atoms in total. The molecule has 2 aromatic rings. The fraction of sp³-hybridized carbons (Fsp3) is 0.316. The van der Waals surface area contributed by atoms with Crippen molar-refractivity contribution in [2.24, 2.45) is 0 Å². The fourth-order valence-electron chi connectivity index (χ4n) is 3.25. The Morgan fingerprint density at radius 3 is 2.35 bits per heavy atom. The number of benzene rings is 2. The summed E-state index contributed by atoms with van der Waals surface area (Å²) in [6.45, 7) is 1.12. The molecule has 0 bridgehead atoms. The first kappa shape index (κ1) is 18.7. The summed E-state index contributed by atoms with van der Waals surface area (Å²) in [6, 6.07) is 11.6. The molecule has 1 saturated heterocycles. The maximum absolute atomic E-state index is 12.8. The lowest BCUT2D eigenvalue weighted by molar-refractivity contribution is 0.112. The average Bonchev–Trinajstić information content (AvgIpc) is 2.68. The Kier molecular flexibility index (Phi) is 5.53. The van der Waals surface area contributed by atoms with Gasteiger partial charge < -0.3 is 9.64 Å². The SMILES string of the molecule is COc1ccc(C=O)c(N2CCC(S(=O)(=O)c3ccc(Cl)cc3)CC2)c1. The topological polar surface area (TPSA) is 63.7 Å². The first-order valence-electron chi connectivity index (χ1n) is 8.33. The predicted octanol–water partition coefficient (Wildman–Crippen LogP) is 3.60. The highest BCUT2D eigenvalue weighted by Crippen LogP contribution is 2.31. The van der Waals surface area contributed by atoms with Crippen molar-refractivity contribution in [2.45, 2.75) is 23.0 Å². The van der Waals surface area contributed by atoms with Crippen LogP contribution in [0.15, 0.2) is 47.4 Å². The summed E-state index contributed by atoms with van der Waals surface area (Å²) in [5.74, 6) is 0.668. The second-order valence-corrected chi connectivity index (χ2v) is 8.89. The molecule has 26 heavy (non-hydrogen) atoms. The summed E-state index contributed by atoms with van der Waals surface area (Å²) < 4.78 is 30.9. The van der Waals surface area contributed by atoms with Gasteiger partial charge in [0, 0.05) is 29.7 Å². The highest BCUT2D eigenvalue weighted by atomic mass is 35.5. The standard InChI is InChI=1S/C19H20ClNO4S/c1-25-16-5-2-14(13-22)19(12-16)21-10-8-18(9-11-21)26(23,24)17-6-3-15(20)4-7-17/h2-7,12-13,18H,8-11H2,1H3. The van der Waals surface area contributed by atoms with Crippen molar-refractivity contribution < 1.29 is 17.9 Å². The van der Waals surface area contributed by atoms with Crippen LogP contribution in [0.4, 0.5) is 5.69 Å². The highest BCUT2D eigenvalue weighted by molar-refractivity contribution is 7.92. The molecule has 7 heteroatoms. The van der Waals surface area contributed by atoms with Crippen LogP contribution in [0.25, 0.3) is 0 Å². The largest absolute Gasteiger partial charge is 0.497 e. The molecule has 0 atom stereocenters. The molecule has 0 spiro atoms. The van der Waals surface area contributed by atoms with E-state index in [0.717, 1.165) is 12.0 Å². The normalized spacial score (nSPS) is 15.7. The minimum Gasteiger partial charge on any atom is -0.497 e. The lowest BCUT2D eigenvalue weighted by atomic mass is 10.1. The maximum atomic E-state index is 12.8. The first-order valence-corrected chi connectivity index (χ1v) is 10.3. The second kappa shape index (κ2) is 7.68. The van der Waals surface area contributed by atoms with Crippen LogP contribution in [0.5, 0.6) is 5.75 Å². The molecule has 0 N–H and O–H groups in total. The molecule has 3 rings (SSSR count). The molecule has 0 unspecified atom stereocenters. The quantitative estimate of drug-likeness (QED) is 0.726. The third kappa shape index (κ3) is 3.71. The summed E-state index contributed by atoms with van der Waals surface area (Å²) in [7, 11) is -1.82. The van der Waals surface area contributed by atoms with Crippen LogP contribution in [-0.4, -0.2) is 40.2 Å². The summed E-state index contributed by atoms with van der Waals surface area (Å²) in [5, 5.41) is 0.0726. The number of methoxy groups -OCH3 is 1. The van der Waals surface area contributed by atoms with Crippen LogP contribution in [0, 0.1) is 0 Å². The van der Waals surface area contributed by atoms with Crippen molar-refractivity contribution in [3.05, 3.63) is 53.1 Å². The number of hydrogen-bond acceptors (Lipinski definition) is 5. The zero-order valence-electron chi connectivity index (χ0n) is 14.4. The van der Waals surface area contributed by atoms with Crippen LogP contribution in [-0.2, 0) is 9.84 Å². The van der Waals surface area contributed by atoms with E-state index in [9.17, 15) is 13.2 Å². The minimum atomic E-state index is -3.39. The highest BCUT2D eigenvalue weighted by Gasteiger charge is 2.32. The number of ether oxygens (including phenoxy) is 1. The number of carbonyl (C=O) groups excluding carboxylic acids is 1. The molecule has 0 aliphatic carbocycles. The van der Waals surface area contributed by atoms with Crippen molar-refractivity contribution >= 4 is 33.4 Å². The molecule has 0 amide bonds. The van der Waals surface area contributed by atoms with Gasteiger partial charge in [0.05, 0.1) is 22.9 Å². The summed E-state index contributed by atoms with van der Waals surface area (Å²) >= 11 is 5.85. The van der Waals surface area contributed by atoms with Gasteiger partial charge in [0.2, 0.25) is 0 Å². The number of anilines is 1. The van der Waals surface area contributed by atoms with E-state index < -0.39 is 15.1 Å². The number of piperidine rings is 1. The number of sulfone groups is 1. The number of halogens is 1. The summed E-state index contributed by atoms with van der Waals surface area (Å²) in [6.07, 6.45) is 1.81. The monoisotopic (exact) mass is 393 g/mol. The average molecular weight is 394 g/mol. The number of rotatable bonds is 5. The van der Waals surface area contributed by atoms with Gasteiger partial charge in [-0.2, -0.15) is 0 Å². The molecule has 1 aliphatic heterocycles. The fourth-order valence-corrected chi connectivity index (χ4v) is 5.11. The Morgan fingerprint density at radius 1 is 1.12 bits per heavy atom. The number of nitrogens with zero attached hydrogens (tertiary/aromatic N) is 1. The maximum Gasteiger partial charge on any atom is 0.181 e. The van der Waals surface area contributed by atoms with Gasteiger partial charge in [-0.3, -0.25) is 4.79 Å². The lowest BCUT2D eigenvalue weighted by Gasteiger charge is -2.34. The molecule has 1 aliphatic rings. The van der Waals surface area contributed by atoms with Gasteiger partial charge in [0.1, 0.15) is 5.75 Å². The zero-order chi connectivity index (χ0) is 18.7. The van der Waals surface area contributed by atoms with Gasteiger partial charge in [-0.1, -0.05) is 11.6 Å². The van der Waals surface area contributed by atoms with Gasteiger partial charge in [0.25, 0.3) is 0 Å². The molecule has 138 valence electrons. The van der Waals surface area contributed by atoms with E-state index >= 15 is 0 Å². The van der Waals surface area contributed by atoms with E-state index in [1.807, 2.05) is 11.0 Å². The number of hydrogen-bond donors (Lipinski definition) is 0. The predicted molar refractivity (Wildman–Crippen MR) is 102 cm³/mol. The molecular formula is C19H20ClNO4S. The van der Waals surface area contributed by atoms with Gasteiger partial charge in [-0.25, -0.2) is 8.42 Å². The van der Waals surface area contributed by atoms with E-state index in [1.54, 1.807) is 43.5 Å². The van der Waals surface area contributed by atoms with Gasteiger partial charge in [0.15, 0.2) is 16.1 Å². The molecule has 0 radical (unpaired) electrons. The van der Waals surface area contributed by atoms with Crippen LogP contribution < -0.4 is 9.64 Å². The van der Waals surface area contributed by atoms with Gasteiger partial charge in [-0.05, 0) is 49.2 Å². The summed E-state index contributed by atoms with van der Waals surface area (Å²) in [5.41, 5.74) is 1.35. The Hall–Kier alpha value is -2.05. The van der Waals surface area contributed by atoms with Crippen molar-refractivity contribution in [1.29, 1.82) is 0 Å². The van der Waals surface area contributed by atoms with Crippen LogP contribution in [0.2, 0.25) is 5.02 Å². The Bertz CT molecular complexity index is 888. The van der Waals surface area contributed by atoms with Gasteiger partial charge >= 0.3 is 0 Å². The smallest absolute Gasteiger partial charge is 0.181 e. The molecular weight excluding hydrogens is 374 g/mol. The number of carbonyl (C=O) groups is 1.